The van der Waals surface area contributed by atoms with Gasteiger partial charge in [0, 0.05) is 0 Å². The SMILES string of the molecule is COC(=O)[C@@H](N)C(NOC(=O)CCc1ccc2c(c1)OCO2)C(C)C(N)=O. The minimum atomic E-state index is -1.24. The largest absolute Gasteiger partial charge is 0.468 e. The Morgan fingerprint density at radius 1 is 1.26 bits per heavy atom. The summed E-state index contributed by atoms with van der Waals surface area (Å²) in [5.41, 5.74) is 14.2. The van der Waals surface area contributed by atoms with Crippen molar-refractivity contribution in [2.24, 2.45) is 17.4 Å². The van der Waals surface area contributed by atoms with Gasteiger partial charge >= 0.3 is 11.9 Å². The number of hydrogen-bond donors (Lipinski definition) is 3. The van der Waals surface area contributed by atoms with Crippen LogP contribution < -0.4 is 26.4 Å². The van der Waals surface area contributed by atoms with Crippen molar-refractivity contribution in [3.05, 3.63) is 23.8 Å². The smallest absolute Gasteiger partial charge is 0.325 e. The summed E-state index contributed by atoms with van der Waals surface area (Å²) in [5.74, 6) is -1.66. The zero-order valence-corrected chi connectivity index (χ0v) is 15.1. The molecule has 1 heterocycles. The normalized spacial score (nSPS) is 15.5. The monoisotopic (exact) mass is 381 g/mol. The Bertz CT molecular complexity index is 710. The number of benzene rings is 1. The summed E-state index contributed by atoms with van der Waals surface area (Å²) in [6, 6.07) is 3.11. The molecule has 0 bridgehead atoms. The third kappa shape index (κ3) is 5.31. The number of hydrogen-bond acceptors (Lipinski definition) is 9. The third-order valence-corrected chi connectivity index (χ3v) is 4.21. The lowest BCUT2D eigenvalue weighted by Gasteiger charge is -2.26. The predicted molar refractivity (Wildman–Crippen MR) is 92.3 cm³/mol. The molecule has 10 heteroatoms. The highest BCUT2D eigenvalue weighted by Gasteiger charge is 2.34. The van der Waals surface area contributed by atoms with Crippen LogP contribution in [-0.4, -0.2) is 43.8 Å². The lowest BCUT2D eigenvalue weighted by molar-refractivity contribution is -0.158. The number of hydroxylamine groups is 1. The second kappa shape index (κ2) is 9.19. The lowest BCUT2D eigenvalue weighted by Crippen LogP contribution is -2.56. The molecule has 0 aromatic heterocycles. The van der Waals surface area contributed by atoms with Gasteiger partial charge in [0.15, 0.2) is 11.5 Å². The number of carbonyl (C=O) groups excluding carboxylic acids is 3. The van der Waals surface area contributed by atoms with Gasteiger partial charge < -0.3 is 30.5 Å². The van der Waals surface area contributed by atoms with Crippen molar-refractivity contribution in [2.75, 3.05) is 13.9 Å². The van der Waals surface area contributed by atoms with Gasteiger partial charge in [0.05, 0.1) is 25.5 Å². The topological polar surface area (TPSA) is 152 Å². The summed E-state index contributed by atoms with van der Waals surface area (Å²) in [6.07, 6.45) is 0.452. The Hall–Kier alpha value is -2.85. The number of fused-ring (bicyclic) bond motifs is 1. The van der Waals surface area contributed by atoms with E-state index in [1.54, 1.807) is 12.1 Å². The van der Waals surface area contributed by atoms with Crippen LogP contribution in [0.4, 0.5) is 0 Å². The number of esters is 1. The van der Waals surface area contributed by atoms with E-state index in [4.69, 9.17) is 25.8 Å². The molecule has 2 unspecified atom stereocenters. The fourth-order valence-corrected chi connectivity index (χ4v) is 2.47. The van der Waals surface area contributed by atoms with E-state index >= 15 is 0 Å². The van der Waals surface area contributed by atoms with Crippen LogP contribution in [0, 0.1) is 5.92 Å². The van der Waals surface area contributed by atoms with Crippen molar-refractivity contribution < 1.29 is 33.4 Å². The molecule has 1 amide bonds. The number of nitrogens with two attached hydrogens (primary N) is 2. The van der Waals surface area contributed by atoms with Crippen molar-refractivity contribution in [1.82, 2.24) is 5.48 Å². The average molecular weight is 381 g/mol. The fourth-order valence-electron chi connectivity index (χ4n) is 2.47. The zero-order chi connectivity index (χ0) is 20.0. The maximum atomic E-state index is 12.0. The van der Waals surface area contributed by atoms with Crippen LogP contribution in [0.3, 0.4) is 0 Å². The first-order valence-electron chi connectivity index (χ1n) is 8.30. The Balaban J connectivity index is 1.89. The van der Waals surface area contributed by atoms with Gasteiger partial charge in [0.2, 0.25) is 12.7 Å². The summed E-state index contributed by atoms with van der Waals surface area (Å²) >= 11 is 0. The van der Waals surface area contributed by atoms with E-state index in [0.717, 1.165) is 12.7 Å². The minimum absolute atomic E-state index is 0.0534. The molecule has 1 aliphatic heterocycles. The highest BCUT2D eigenvalue weighted by molar-refractivity contribution is 5.81. The molecule has 5 N–H and O–H groups in total. The molecule has 2 rings (SSSR count). The van der Waals surface area contributed by atoms with E-state index in [1.807, 2.05) is 6.07 Å². The number of ether oxygens (including phenoxy) is 3. The zero-order valence-electron chi connectivity index (χ0n) is 15.1. The molecular weight excluding hydrogens is 358 g/mol. The maximum absolute atomic E-state index is 12.0. The molecule has 1 aromatic carbocycles. The number of carbonyl (C=O) groups is 3. The molecule has 0 radical (unpaired) electrons. The molecule has 0 saturated heterocycles. The quantitative estimate of drug-likeness (QED) is 0.375. The molecular formula is C17H23N3O7. The van der Waals surface area contributed by atoms with Crippen LogP contribution in [0.1, 0.15) is 18.9 Å². The van der Waals surface area contributed by atoms with E-state index in [1.165, 1.54) is 6.92 Å². The van der Waals surface area contributed by atoms with Crippen LogP contribution >= 0.6 is 0 Å². The van der Waals surface area contributed by atoms with Crippen molar-refractivity contribution in [3.8, 4) is 11.5 Å². The van der Waals surface area contributed by atoms with Crippen molar-refractivity contribution in [2.45, 2.75) is 31.8 Å². The molecule has 27 heavy (non-hydrogen) atoms. The molecule has 0 saturated carbocycles. The molecule has 148 valence electrons. The standard InChI is InChI=1S/C17H23N3O7/c1-9(16(19)22)15(14(18)17(23)24-2)20-27-13(21)6-4-10-3-5-11-12(7-10)26-8-25-11/h3,5,7,9,14-15,20H,4,6,8,18H2,1-2H3,(H2,19,22)/t9?,14-,15?/m0/s1. The number of amides is 1. The van der Waals surface area contributed by atoms with Gasteiger partial charge in [0.25, 0.3) is 0 Å². The van der Waals surface area contributed by atoms with Gasteiger partial charge in [0.1, 0.15) is 6.04 Å². The van der Waals surface area contributed by atoms with Crippen molar-refractivity contribution >= 4 is 17.8 Å². The average Bonchev–Trinajstić information content (AvgIpc) is 3.13. The molecule has 0 aliphatic carbocycles. The molecule has 0 fully saturated rings. The van der Waals surface area contributed by atoms with Crippen molar-refractivity contribution in [3.63, 3.8) is 0 Å². The van der Waals surface area contributed by atoms with E-state index in [-0.39, 0.29) is 13.2 Å². The molecule has 0 spiro atoms. The molecule has 1 aliphatic rings. The first kappa shape index (κ1) is 20.5. The van der Waals surface area contributed by atoms with Crippen molar-refractivity contribution in [1.29, 1.82) is 0 Å². The number of methoxy groups -OCH3 is 1. The Morgan fingerprint density at radius 2 is 1.96 bits per heavy atom. The van der Waals surface area contributed by atoms with Crippen LogP contribution in [0.25, 0.3) is 0 Å². The molecule has 3 atom stereocenters. The number of aryl methyl sites for hydroxylation is 1. The number of rotatable bonds is 9. The fraction of sp³-hybridized carbons (Fsp3) is 0.471. The lowest BCUT2D eigenvalue weighted by atomic mass is 9.95. The number of primary amides is 1. The number of nitrogens with one attached hydrogen (secondary N) is 1. The third-order valence-electron chi connectivity index (χ3n) is 4.21. The van der Waals surface area contributed by atoms with Gasteiger partial charge in [-0.05, 0) is 24.1 Å². The summed E-state index contributed by atoms with van der Waals surface area (Å²) in [5, 5.41) is 0. The van der Waals surface area contributed by atoms with Crippen LogP contribution in [0.15, 0.2) is 18.2 Å². The van der Waals surface area contributed by atoms with Gasteiger partial charge in [-0.2, -0.15) is 0 Å². The summed E-state index contributed by atoms with van der Waals surface area (Å²) < 4.78 is 15.1. The first-order chi connectivity index (χ1) is 12.8. The van der Waals surface area contributed by atoms with Crippen LogP contribution in [0.2, 0.25) is 0 Å². The summed E-state index contributed by atoms with van der Waals surface area (Å²) in [6.45, 7) is 1.63. The molecule has 10 nitrogen and oxygen atoms in total. The highest BCUT2D eigenvalue weighted by Crippen LogP contribution is 2.32. The second-order valence-corrected chi connectivity index (χ2v) is 6.05. The van der Waals surface area contributed by atoms with Crippen LogP contribution in [0.5, 0.6) is 11.5 Å². The highest BCUT2D eigenvalue weighted by atomic mass is 16.7. The van der Waals surface area contributed by atoms with E-state index in [2.05, 4.69) is 10.2 Å². The van der Waals surface area contributed by atoms with E-state index in [0.29, 0.717) is 17.9 Å². The Kier molecular flexibility index (Phi) is 6.97. The minimum Gasteiger partial charge on any atom is -0.468 e. The predicted octanol–water partition coefficient (Wildman–Crippen LogP) is -0.614. The first-order valence-corrected chi connectivity index (χ1v) is 8.30. The Labute approximate surface area is 156 Å². The maximum Gasteiger partial charge on any atom is 0.325 e. The van der Waals surface area contributed by atoms with E-state index in [9.17, 15) is 14.4 Å². The summed E-state index contributed by atoms with van der Waals surface area (Å²) in [4.78, 5) is 40.0. The van der Waals surface area contributed by atoms with Gasteiger partial charge in [-0.15, -0.1) is 5.48 Å². The molecule has 1 aromatic rings. The summed E-state index contributed by atoms with van der Waals surface area (Å²) in [7, 11) is 1.16. The van der Waals surface area contributed by atoms with Crippen LogP contribution in [-0.2, 0) is 30.4 Å². The van der Waals surface area contributed by atoms with Gasteiger partial charge in [-0.25, -0.2) is 0 Å². The van der Waals surface area contributed by atoms with Gasteiger partial charge in [-0.3, -0.25) is 14.4 Å². The Morgan fingerprint density at radius 3 is 2.63 bits per heavy atom. The van der Waals surface area contributed by atoms with Gasteiger partial charge in [-0.1, -0.05) is 13.0 Å². The van der Waals surface area contributed by atoms with E-state index < -0.39 is 35.8 Å². The second-order valence-electron chi connectivity index (χ2n) is 6.05.